The minimum atomic E-state index is 0.137. The lowest BCUT2D eigenvalue weighted by molar-refractivity contribution is -0.133. The van der Waals surface area contributed by atoms with E-state index in [1.54, 1.807) is 0 Å². The van der Waals surface area contributed by atoms with E-state index in [9.17, 15) is 4.79 Å². The third kappa shape index (κ3) is 1.94. The summed E-state index contributed by atoms with van der Waals surface area (Å²) in [7, 11) is 0.582. The van der Waals surface area contributed by atoms with E-state index >= 15 is 0 Å². The number of β-lactam (4-membered cyclic amide) rings is 1. The molecule has 1 aliphatic heterocycles. The van der Waals surface area contributed by atoms with Crippen molar-refractivity contribution in [3.8, 4) is 0 Å². The molecule has 0 spiro atoms. The first-order valence-corrected chi connectivity index (χ1v) is 3.84. The molecule has 5 heteroatoms. The molecule has 1 rings (SSSR count). The van der Waals surface area contributed by atoms with Gasteiger partial charge in [-0.25, -0.2) is 0 Å². The van der Waals surface area contributed by atoms with Crippen molar-refractivity contribution < 1.29 is 9.45 Å². The SMILES string of the molecule is C[C@@H]1NC(=O)[C@@H]1CBOCN. The van der Waals surface area contributed by atoms with Gasteiger partial charge in [0.1, 0.15) is 0 Å². The van der Waals surface area contributed by atoms with E-state index < -0.39 is 0 Å². The molecule has 1 aliphatic rings. The number of nitrogens with one attached hydrogen (secondary N) is 1. The Bertz CT molecular complexity index is 154. The van der Waals surface area contributed by atoms with Gasteiger partial charge in [-0.2, -0.15) is 0 Å². The van der Waals surface area contributed by atoms with Gasteiger partial charge in [0, 0.05) is 6.04 Å². The number of hydrogen-bond acceptors (Lipinski definition) is 3. The predicted molar refractivity (Wildman–Crippen MR) is 43.2 cm³/mol. The van der Waals surface area contributed by atoms with Crippen LogP contribution in [0.5, 0.6) is 0 Å². The summed E-state index contributed by atoms with van der Waals surface area (Å²) < 4.78 is 4.93. The molecule has 0 aromatic carbocycles. The first-order chi connectivity index (χ1) is 5.25. The van der Waals surface area contributed by atoms with E-state index in [1.807, 2.05) is 6.92 Å². The Morgan fingerprint density at radius 1 is 1.82 bits per heavy atom. The molecule has 4 nitrogen and oxygen atoms in total. The van der Waals surface area contributed by atoms with Crippen LogP contribution in [0.2, 0.25) is 6.32 Å². The number of carbonyl (C=O) groups excluding carboxylic acids is 1. The Kier molecular flexibility index (Phi) is 2.90. The van der Waals surface area contributed by atoms with Crippen molar-refractivity contribution in [3.05, 3.63) is 0 Å². The van der Waals surface area contributed by atoms with Crippen LogP contribution >= 0.6 is 0 Å². The molecule has 1 heterocycles. The number of amides is 1. The minimum absolute atomic E-state index is 0.137. The fourth-order valence-corrected chi connectivity index (χ4v) is 1.24. The van der Waals surface area contributed by atoms with Gasteiger partial charge in [-0.15, -0.1) is 0 Å². The molecule has 0 aromatic rings. The Morgan fingerprint density at radius 2 is 2.55 bits per heavy atom. The van der Waals surface area contributed by atoms with E-state index in [4.69, 9.17) is 10.4 Å². The quantitative estimate of drug-likeness (QED) is 0.233. The van der Waals surface area contributed by atoms with Gasteiger partial charge in [0.2, 0.25) is 5.91 Å². The molecule has 0 aliphatic carbocycles. The van der Waals surface area contributed by atoms with Crippen LogP contribution in [0, 0.1) is 5.92 Å². The third-order valence-electron chi connectivity index (χ3n) is 2.00. The van der Waals surface area contributed by atoms with Gasteiger partial charge in [-0.3, -0.25) is 4.79 Å². The number of nitrogens with two attached hydrogens (primary N) is 1. The molecule has 0 radical (unpaired) electrons. The van der Waals surface area contributed by atoms with E-state index in [0.29, 0.717) is 13.5 Å². The summed E-state index contributed by atoms with van der Waals surface area (Å²) in [6, 6.07) is 0.309. The minimum Gasteiger partial charge on any atom is -0.428 e. The summed E-state index contributed by atoms with van der Waals surface area (Å²) in [5, 5.41) is 2.76. The molecule has 0 saturated carbocycles. The fraction of sp³-hybridized carbons (Fsp3) is 0.833. The van der Waals surface area contributed by atoms with Gasteiger partial charge < -0.3 is 15.7 Å². The van der Waals surface area contributed by atoms with Crippen molar-refractivity contribution in [2.75, 3.05) is 6.73 Å². The van der Waals surface area contributed by atoms with Crippen LogP contribution in [-0.4, -0.2) is 26.2 Å². The van der Waals surface area contributed by atoms with Crippen LogP contribution in [0.3, 0.4) is 0 Å². The molecule has 3 N–H and O–H groups in total. The molecule has 1 fully saturated rings. The van der Waals surface area contributed by atoms with Crippen LogP contribution < -0.4 is 11.1 Å². The molecule has 0 bridgehead atoms. The highest BCUT2D eigenvalue weighted by Crippen LogP contribution is 2.18. The molecular weight excluding hydrogens is 143 g/mol. The highest BCUT2D eigenvalue weighted by Gasteiger charge is 2.35. The monoisotopic (exact) mass is 156 g/mol. The molecule has 1 amide bonds. The molecule has 0 aromatic heterocycles. The highest BCUT2D eigenvalue weighted by atomic mass is 16.4. The van der Waals surface area contributed by atoms with Gasteiger partial charge >= 0.3 is 0 Å². The molecule has 2 atom stereocenters. The zero-order valence-electron chi connectivity index (χ0n) is 6.67. The van der Waals surface area contributed by atoms with E-state index in [1.165, 1.54) is 0 Å². The van der Waals surface area contributed by atoms with Crippen molar-refractivity contribution in [1.82, 2.24) is 5.32 Å². The first kappa shape index (κ1) is 8.55. The summed E-state index contributed by atoms with van der Waals surface area (Å²) in [6.45, 7) is 2.23. The summed E-state index contributed by atoms with van der Waals surface area (Å²) in [5.74, 6) is 0.277. The second-order valence-electron chi connectivity index (χ2n) is 2.77. The molecule has 62 valence electrons. The van der Waals surface area contributed by atoms with Gasteiger partial charge in [0.15, 0.2) is 0 Å². The molecule has 1 saturated heterocycles. The van der Waals surface area contributed by atoms with E-state index in [-0.39, 0.29) is 18.6 Å². The van der Waals surface area contributed by atoms with Gasteiger partial charge in [-0.1, -0.05) is 0 Å². The number of carbonyl (C=O) groups is 1. The highest BCUT2D eigenvalue weighted by molar-refractivity contribution is 6.28. The third-order valence-corrected chi connectivity index (χ3v) is 2.00. The number of rotatable bonds is 4. The normalized spacial score (nSPS) is 29.1. The zero-order chi connectivity index (χ0) is 8.27. The summed E-state index contributed by atoms with van der Waals surface area (Å²) in [6.07, 6.45) is 0.782. The molecular formula is C6H13BN2O2. The largest absolute Gasteiger partial charge is 0.428 e. The Morgan fingerprint density at radius 3 is 3.00 bits per heavy atom. The van der Waals surface area contributed by atoms with Crippen LogP contribution in [-0.2, 0) is 9.45 Å². The number of hydrogen-bond donors (Lipinski definition) is 2. The maximum atomic E-state index is 10.8. The van der Waals surface area contributed by atoms with Crippen LogP contribution in [0.4, 0.5) is 0 Å². The van der Waals surface area contributed by atoms with Crippen molar-refractivity contribution >= 4 is 13.4 Å². The van der Waals surface area contributed by atoms with Gasteiger partial charge in [-0.05, 0) is 13.2 Å². The summed E-state index contributed by atoms with van der Waals surface area (Å²) in [5.41, 5.74) is 5.12. The van der Waals surface area contributed by atoms with Crippen molar-refractivity contribution in [1.29, 1.82) is 0 Å². The topological polar surface area (TPSA) is 64.3 Å². The lowest BCUT2D eigenvalue weighted by atomic mass is 9.77. The van der Waals surface area contributed by atoms with Crippen LogP contribution in [0.1, 0.15) is 6.92 Å². The average Bonchev–Trinajstić information content (AvgIpc) is 1.98. The van der Waals surface area contributed by atoms with Crippen LogP contribution in [0.15, 0.2) is 0 Å². The van der Waals surface area contributed by atoms with Gasteiger partial charge in [0.05, 0.1) is 12.6 Å². The van der Waals surface area contributed by atoms with Crippen molar-refractivity contribution in [2.45, 2.75) is 19.3 Å². The van der Waals surface area contributed by atoms with Gasteiger partial charge in [0.25, 0.3) is 7.48 Å². The fourth-order valence-electron chi connectivity index (χ4n) is 1.24. The maximum absolute atomic E-state index is 10.8. The van der Waals surface area contributed by atoms with E-state index in [2.05, 4.69) is 5.32 Å². The van der Waals surface area contributed by atoms with E-state index in [0.717, 1.165) is 6.32 Å². The lowest BCUT2D eigenvalue weighted by Crippen LogP contribution is -2.56. The Hall–Kier alpha value is -0.545. The summed E-state index contributed by atoms with van der Waals surface area (Å²) in [4.78, 5) is 10.8. The second-order valence-corrected chi connectivity index (χ2v) is 2.77. The first-order valence-electron chi connectivity index (χ1n) is 3.84. The lowest BCUT2D eigenvalue weighted by Gasteiger charge is -2.33. The molecule has 11 heavy (non-hydrogen) atoms. The standard InChI is InChI=1S/C6H13BN2O2/c1-4-5(6(10)9-4)2-7-11-3-8/h4-5,7H,2-3,8H2,1H3,(H,9,10)/t4-,5+/m0/s1. The van der Waals surface area contributed by atoms with Crippen molar-refractivity contribution in [2.24, 2.45) is 11.7 Å². The zero-order valence-corrected chi connectivity index (χ0v) is 6.67. The van der Waals surface area contributed by atoms with Crippen LogP contribution in [0.25, 0.3) is 0 Å². The maximum Gasteiger partial charge on any atom is 0.277 e. The van der Waals surface area contributed by atoms with Crippen molar-refractivity contribution in [3.63, 3.8) is 0 Å². The Balaban J connectivity index is 2.11. The summed E-state index contributed by atoms with van der Waals surface area (Å²) >= 11 is 0. The smallest absolute Gasteiger partial charge is 0.277 e. The average molecular weight is 156 g/mol. The Labute approximate surface area is 66.7 Å². The predicted octanol–water partition coefficient (Wildman–Crippen LogP) is -1.18. The molecule has 0 unspecified atom stereocenters. The second kappa shape index (κ2) is 3.73.